The molecule has 0 unspecified atom stereocenters. The topological polar surface area (TPSA) is 88.6 Å². The van der Waals surface area contributed by atoms with Gasteiger partial charge in [0.1, 0.15) is 17.6 Å². The molecule has 6 heteroatoms. The second-order valence-electron chi connectivity index (χ2n) is 3.75. The molecule has 0 aliphatic carbocycles. The number of rotatable bonds is 2. The zero-order valence-electron chi connectivity index (χ0n) is 9.36. The van der Waals surface area contributed by atoms with Crippen molar-refractivity contribution in [3.05, 3.63) is 47.9 Å². The van der Waals surface area contributed by atoms with E-state index in [1.54, 1.807) is 6.20 Å². The van der Waals surface area contributed by atoms with Gasteiger partial charge in [-0.2, -0.15) is 5.26 Å². The second kappa shape index (κ2) is 4.24. The van der Waals surface area contributed by atoms with Crippen molar-refractivity contribution < 1.29 is 0 Å². The van der Waals surface area contributed by atoms with Crippen molar-refractivity contribution in [3.8, 4) is 17.5 Å². The monoisotopic (exact) mass is 238 g/mol. The molecular formula is C12H10N6. The largest absolute Gasteiger partial charge is 0.337 e. The van der Waals surface area contributed by atoms with Crippen LogP contribution in [0.15, 0.2) is 42.2 Å². The van der Waals surface area contributed by atoms with E-state index in [9.17, 15) is 0 Å². The molecule has 2 heterocycles. The summed E-state index contributed by atoms with van der Waals surface area (Å²) in [5, 5.41) is 8.94. The van der Waals surface area contributed by atoms with Gasteiger partial charge in [-0.15, -0.1) is 5.53 Å². The lowest BCUT2D eigenvalue weighted by atomic mass is 10.2. The summed E-state index contributed by atoms with van der Waals surface area (Å²) in [5.41, 5.74) is 11.1. The molecule has 3 rings (SSSR count). The van der Waals surface area contributed by atoms with Crippen molar-refractivity contribution in [1.29, 1.82) is 5.26 Å². The Hall–Kier alpha value is -2.78. The van der Waals surface area contributed by atoms with Crippen molar-refractivity contribution in [2.75, 3.05) is 0 Å². The molecule has 1 aliphatic rings. The van der Waals surface area contributed by atoms with E-state index in [2.05, 4.69) is 32.4 Å². The van der Waals surface area contributed by atoms with Crippen molar-refractivity contribution in [1.82, 2.24) is 26.4 Å². The Labute approximate surface area is 103 Å². The number of aromatic nitrogens is 2. The SMILES string of the molecule is N#CC1=C(c2cnc(-c3ccccc3)[nH]2)NNN1. The molecule has 0 amide bonds. The van der Waals surface area contributed by atoms with E-state index in [1.165, 1.54) is 0 Å². The van der Waals surface area contributed by atoms with E-state index < -0.39 is 0 Å². The summed E-state index contributed by atoms with van der Waals surface area (Å²) in [5.74, 6) is 0.768. The lowest BCUT2D eigenvalue weighted by molar-refractivity contribution is 0.611. The average molecular weight is 238 g/mol. The average Bonchev–Trinajstić information content (AvgIpc) is 3.08. The maximum absolute atomic E-state index is 8.94. The molecule has 0 saturated heterocycles. The number of hydrogen-bond acceptors (Lipinski definition) is 5. The van der Waals surface area contributed by atoms with E-state index in [0.29, 0.717) is 11.4 Å². The molecule has 0 bridgehead atoms. The van der Waals surface area contributed by atoms with Crippen LogP contribution in [-0.4, -0.2) is 9.97 Å². The summed E-state index contributed by atoms with van der Waals surface area (Å²) in [6.45, 7) is 0. The van der Waals surface area contributed by atoms with Crippen LogP contribution in [0.1, 0.15) is 5.69 Å². The number of allylic oxidation sites excluding steroid dienone is 1. The molecule has 0 spiro atoms. The highest BCUT2D eigenvalue weighted by Gasteiger charge is 2.16. The molecule has 0 atom stereocenters. The van der Waals surface area contributed by atoms with Gasteiger partial charge in [-0.05, 0) is 0 Å². The first-order valence-corrected chi connectivity index (χ1v) is 5.40. The van der Waals surface area contributed by atoms with E-state index in [4.69, 9.17) is 5.26 Å². The predicted octanol–water partition coefficient (Wildman–Crippen LogP) is 0.881. The Kier molecular flexibility index (Phi) is 2.44. The molecule has 2 aromatic rings. The van der Waals surface area contributed by atoms with Crippen molar-refractivity contribution >= 4 is 5.70 Å². The number of nitrogens with one attached hydrogen (secondary N) is 4. The minimum atomic E-state index is 0.429. The molecule has 1 aliphatic heterocycles. The van der Waals surface area contributed by atoms with Crippen molar-refractivity contribution in [2.24, 2.45) is 0 Å². The number of hydrogen-bond donors (Lipinski definition) is 4. The molecule has 0 radical (unpaired) electrons. The predicted molar refractivity (Wildman–Crippen MR) is 66.0 cm³/mol. The zero-order valence-corrected chi connectivity index (χ0v) is 9.36. The second-order valence-corrected chi connectivity index (χ2v) is 3.75. The van der Waals surface area contributed by atoms with Crippen LogP contribution in [-0.2, 0) is 0 Å². The van der Waals surface area contributed by atoms with Gasteiger partial charge in [0.05, 0.1) is 11.9 Å². The molecule has 88 valence electrons. The Bertz CT molecular complexity index is 634. The van der Waals surface area contributed by atoms with E-state index in [-0.39, 0.29) is 0 Å². The van der Waals surface area contributed by atoms with Gasteiger partial charge in [0.2, 0.25) is 0 Å². The highest BCUT2D eigenvalue weighted by atomic mass is 15.6. The molecule has 4 N–H and O–H groups in total. The van der Waals surface area contributed by atoms with E-state index >= 15 is 0 Å². The number of nitrogens with zero attached hydrogens (tertiary/aromatic N) is 2. The molecule has 0 saturated carbocycles. The first-order chi connectivity index (χ1) is 8.88. The van der Waals surface area contributed by atoms with Crippen LogP contribution in [0.5, 0.6) is 0 Å². The summed E-state index contributed by atoms with van der Waals surface area (Å²) in [6.07, 6.45) is 1.69. The molecule has 1 aromatic heterocycles. The van der Waals surface area contributed by atoms with Crippen LogP contribution >= 0.6 is 0 Å². The molecule has 18 heavy (non-hydrogen) atoms. The first kappa shape index (κ1) is 10.4. The van der Waals surface area contributed by atoms with Crippen LogP contribution < -0.4 is 16.4 Å². The third-order valence-electron chi connectivity index (χ3n) is 2.63. The van der Waals surface area contributed by atoms with Gasteiger partial charge in [-0.3, -0.25) is 10.9 Å². The smallest absolute Gasteiger partial charge is 0.156 e. The first-order valence-electron chi connectivity index (χ1n) is 5.40. The van der Waals surface area contributed by atoms with Gasteiger partial charge >= 0.3 is 0 Å². The summed E-state index contributed by atoms with van der Waals surface area (Å²) < 4.78 is 0. The lowest BCUT2D eigenvalue weighted by Crippen LogP contribution is -2.32. The third-order valence-corrected chi connectivity index (χ3v) is 2.63. The van der Waals surface area contributed by atoms with Crippen molar-refractivity contribution in [2.45, 2.75) is 0 Å². The number of imidazole rings is 1. The standard InChI is InChI=1S/C12H10N6/c13-6-9-11(17-18-16-9)10-7-14-12(15-10)8-4-2-1-3-5-8/h1-5,7,16-18H,(H,14,15). The highest BCUT2D eigenvalue weighted by molar-refractivity contribution is 5.70. The van der Waals surface area contributed by atoms with Crippen LogP contribution in [0.4, 0.5) is 0 Å². The van der Waals surface area contributed by atoms with Crippen LogP contribution in [0, 0.1) is 11.3 Å². The molecule has 0 fully saturated rings. The van der Waals surface area contributed by atoms with Crippen LogP contribution in [0.2, 0.25) is 0 Å². The fraction of sp³-hybridized carbons (Fsp3) is 0. The Balaban J connectivity index is 1.98. The fourth-order valence-corrected chi connectivity index (χ4v) is 1.76. The van der Waals surface area contributed by atoms with Crippen LogP contribution in [0.25, 0.3) is 17.1 Å². The van der Waals surface area contributed by atoms with Gasteiger partial charge in [0.25, 0.3) is 0 Å². The number of nitriles is 1. The van der Waals surface area contributed by atoms with Crippen molar-refractivity contribution in [3.63, 3.8) is 0 Å². The number of benzene rings is 1. The Morgan fingerprint density at radius 2 is 1.94 bits per heavy atom. The molecular weight excluding hydrogens is 228 g/mol. The van der Waals surface area contributed by atoms with Gasteiger partial charge < -0.3 is 4.98 Å². The summed E-state index contributed by atoms with van der Waals surface area (Å²) in [7, 11) is 0. The van der Waals surface area contributed by atoms with Gasteiger partial charge in [0.15, 0.2) is 5.70 Å². The quantitative estimate of drug-likeness (QED) is 0.623. The van der Waals surface area contributed by atoms with Gasteiger partial charge in [-0.1, -0.05) is 30.3 Å². The highest BCUT2D eigenvalue weighted by Crippen LogP contribution is 2.19. The van der Waals surface area contributed by atoms with Crippen LogP contribution in [0.3, 0.4) is 0 Å². The van der Waals surface area contributed by atoms with E-state index in [1.807, 2.05) is 30.3 Å². The molecule has 1 aromatic carbocycles. The number of H-pyrrole nitrogens is 1. The Morgan fingerprint density at radius 1 is 1.11 bits per heavy atom. The normalized spacial score (nSPS) is 13.9. The minimum Gasteiger partial charge on any atom is -0.337 e. The third kappa shape index (κ3) is 1.69. The number of aromatic amines is 1. The summed E-state index contributed by atoms with van der Waals surface area (Å²) in [6, 6.07) is 11.9. The Morgan fingerprint density at radius 3 is 2.72 bits per heavy atom. The lowest BCUT2D eigenvalue weighted by Gasteiger charge is -1.98. The number of hydrazine groups is 2. The minimum absolute atomic E-state index is 0.429. The van der Waals surface area contributed by atoms with E-state index in [0.717, 1.165) is 17.1 Å². The zero-order chi connectivity index (χ0) is 12.4. The van der Waals surface area contributed by atoms with Gasteiger partial charge in [0, 0.05) is 5.56 Å². The maximum Gasteiger partial charge on any atom is 0.156 e. The van der Waals surface area contributed by atoms with Gasteiger partial charge in [-0.25, -0.2) is 4.98 Å². The summed E-state index contributed by atoms with van der Waals surface area (Å²) >= 11 is 0. The summed E-state index contributed by atoms with van der Waals surface area (Å²) in [4.78, 5) is 7.48. The maximum atomic E-state index is 8.94. The fourth-order valence-electron chi connectivity index (χ4n) is 1.76. The molecule has 6 nitrogen and oxygen atoms in total.